The number of nitrogens with zero attached hydrogens (tertiary/aromatic N) is 1. The molecule has 1 aliphatic rings. The predicted molar refractivity (Wildman–Crippen MR) is 94.5 cm³/mol. The van der Waals surface area contributed by atoms with Gasteiger partial charge < -0.3 is 15.0 Å². The molecule has 0 aliphatic carbocycles. The highest BCUT2D eigenvalue weighted by molar-refractivity contribution is 7.11. The van der Waals surface area contributed by atoms with Crippen LogP contribution in [0.5, 0.6) is 0 Å². The summed E-state index contributed by atoms with van der Waals surface area (Å²) in [7, 11) is 0. The van der Waals surface area contributed by atoms with Crippen LogP contribution in [0.25, 0.3) is 10.9 Å². The Bertz CT molecular complexity index is 873. The maximum Gasteiger partial charge on any atom is 0.253 e. The Morgan fingerprint density at radius 2 is 2.29 bits per heavy atom. The molecule has 1 aliphatic heterocycles. The fraction of sp³-hybridized carbons (Fsp3) is 0.333. The van der Waals surface area contributed by atoms with Gasteiger partial charge in [-0.1, -0.05) is 18.2 Å². The van der Waals surface area contributed by atoms with Crippen molar-refractivity contribution in [2.45, 2.75) is 26.4 Å². The predicted octanol–water partition coefficient (Wildman–Crippen LogP) is 2.98. The minimum Gasteiger partial charge on any atom is -0.375 e. The van der Waals surface area contributed by atoms with Crippen molar-refractivity contribution in [3.05, 3.63) is 51.1 Å². The van der Waals surface area contributed by atoms with Gasteiger partial charge in [0.2, 0.25) is 0 Å². The second kappa shape index (κ2) is 6.37. The Morgan fingerprint density at radius 3 is 3.17 bits per heavy atom. The number of H-pyrrole nitrogens is 1. The van der Waals surface area contributed by atoms with Crippen molar-refractivity contribution in [2.24, 2.45) is 0 Å². The molecule has 2 N–H and O–H groups in total. The van der Waals surface area contributed by atoms with Gasteiger partial charge in [0, 0.05) is 36.0 Å². The lowest BCUT2D eigenvalue weighted by molar-refractivity contribution is 0.0955. The van der Waals surface area contributed by atoms with Crippen molar-refractivity contribution in [1.29, 1.82) is 0 Å². The number of thiazole rings is 1. The first kappa shape index (κ1) is 15.4. The van der Waals surface area contributed by atoms with E-state index in [9.17, 15) is 4.79 Å². The van der Waals surface area contributed by atoms with Gasteiger partial charge in [-0.05, 0) is 13.0 Å². The summed E-state index contributed by atoms with van der Waals surface area (Å²) < 4.78 is 5.45. The average molecular weight is 341 g/mol. The number of aromatic amines is 1. The zero-order valence-corrected chi connectivity index (χ0v) is 14.3. The third-order valence-electron chi connectivity index (χ3n) is 4.28. The van der Waals surface area contributed by atoms with E-state index in [0.717, 1.165) is 46.6 Å². The van der Waals surface area contributed by atoms with Gasteiger partial charge in [-0.25, -0.2) is 4.98 Å². The second-order valence-electron chi connectivity index (χ2n) is 5.96. The number of para-hydroxylation sites is 1. The van der Waals surface area contributed by atoms with Crippen LogP contribution < -0.4 is 5.32 Å². The topological polar surface area (TPSA) is 67.0 Å². The van der Waals surface area contributed by atoms with Crippen LogP contribution in [0.2, 0.25) is 0 Å². The number of hydrogen-bond donors (Lipinski definition) is 2. The van der Waals surface area contributed by atoms with Gasteiger partial charge in [0.05, 0.1) is 34.4 Å². The lowest BCUT2D eigenvalue weighted by Gasteiger charge is -2.08. The summed E-state index contributed by atoms with van der Waals surface area (Å²) in [5.74, 6) is -0.0328. The standard InChI is InChI=1S/C18H19N3O2S/c1-11-17(12-4-2-3-5-13(12)20-11)18(22)19-8-6-16-21-14-7-9-23-10-15(14)24-16/h2-5,20H,6-10H2,1H3,(H,19,22). The van der Waals surface area contributed by atoms with E-state index in [4.69, 9.17) is 4.74 Å². The molecule has 0 fully saturated rings. The zero-order valence-electron chi connectivity index (χ0n) is 13.5. The first-order valence-corrected chi connectivity index (χ1v) is 8.94. The van der Waals surface area contributed by atoms with E-state index >= 15 is 0 Å². The third kappa shape index (κ3) is 2.83. The number of benzene rings is 1. The first-order valence-electron chi connectivity index (χ1n) is 8.13. The van der Waals surface area contributed by atoms with E-state index in [-0.39, 0.29) is 5.91 Å². The van der Waals surface area contributed by atoms with E-state index in [1.165, 1.54) is 10.6 Å². The molecule has 0 saturated heterocycles. The van der Waals surface area contributed by atoms with Crippen LogP contribution in [0, 0.1) is 6.92 Å². The molecule has 124 valence electrons. The number of nitrogens with one attached hydrogen (secondary N) is 2. The van der Waals surface area contributed by atoms with Gasteiger partial charge in [0.25, 0.3) is 5.91 Å². The lowest BCUT2D eigenvalue weighted by atomic mass is 10.1. The third-order valence-corrected chi connectivity index (χ3v) is 5.41. The smallest absolute Gasteiger partial charge is 0.253 e. The maximum absolute atomic E-state index is 12.6. The highest BCUT2D eigenvalue weighted by Crippen LogP contribution is 2.24. The number of aryl methyl sites for hydroxylation is 1. The number of carbonyl (C=O) groups is 1. The van der Waals surface area contributed by atoms with Crippen molar-refractivity contribution in [3.8, 4) is 0 Å². The van der Waals surface area contributed by atoms with Crippen molar-refractivity contribution < 1.29 is 9.53 Å². The zero-order chi connectivity index (χ0) is 16.5. The second-order valence-corrected chi connectivity index (χ2v) is 7.12. The highest BCUT2D eigenvalue weighted by Gasteiger charge is 2.17. The average Bonchev–Trinajstić information content (AvgIpc) is 3.13. The largest absolute Gasteiger partial charge is 0.375 e. The van der Waals surface area contributed by atoms with Gasteiger partial charge >= 0.3 is 0 Å². The number of carbonyl (C=O) groups excluding carboxylic acids is 1. The van der Waals surface area contributed by atoms with Crippen molar-refractivity contribution >= 4 is 28.1 Å². The van der Waals surface area contributed by atoms with E-state index in [1.807, 2.05) is 31.2 Å². The quantitative estimate of drug-likeness (QED) is 0.767. The first-order chi connectivity index (χ1) is 11.7. The fourth-order valence-corrected chi connectivity index (χ4v) is 4.18. The summed E-state index contributed by atoms with van der Waals surface area (Å²) in [5.41, 5.74) is 3.79. The van der Waals surface area contributed by atoms with Gasteiger partial charge in [-0.3, -0.25) is 4.79 Å². The molecule has 0 radical (unpaired) electrons. The molecule has 5 nitrogen and oxygen atoms in total. The molecule has 1 aromatic carbocycles. The summed E-state index contributed by atoms with van der Waals surface area (Å²) in [4.78, 5) is 21.7. The van der Waals surface area contributed by atoms with E-state index in [1.54, 1.807) is 11.3 Å². The van der Waals surface area contributed by atoms with Gasteiger partial charge in [0.15, 0.2) is 0 Å². The summed E-state index contributed by atoms with van der Waals surface area (Å²) in [6.45, 7) is 3.95. The molecular weight excluding hydrogens is 322 g/mol. The number of hydrogen-bond acceptors (Lipinski definition) is 4. The van der Waals surface area contributed by atoms with Gasteiger partial charge in [-0.15, -0.1) is 11.3 Å². The molecule has 3 aromatic rings. The molecular formula is C18H19N3O2S. The van der Waals surface area contributed by atoms with Crippen molar-refractivity contribution in [2.75, 3.05) is 13.2 Å². The summed E-state index contributed by atoms with van der Waals surface area (Å²) in [6.07, 6.45) is 1.65. The van der Waals surface area contributed by atoms with Gasteiger partial charge in [-0.2, -0.15) is 0 Å². The summed E-state index contributed by atoms with van der Waals surface area (Å²) in [5, 5.41) is 5.06. The van der Waals surface area contributed by atoms with E-state index in [0.29, 0.717) is 13.2 Å². The summed E-state index contributed by atoms with van der Waals surface area (Å²) >= 11 is 1.70. The Labute approximate surface area is 144 Å². The van der Waals surface area contributed by atoms with Crippen LogP contribution in [0.15, 0.2) is 24.3 Å². The minimum atomic E-state index is -0.0328. The SMILES string of the molecule is Cc1[nH]c2ccccc2c1C(=O)NCCc1nc2c(s1)COCC2. The molecule has 0 spiro atoms. The molecule has 2 aromatic heterocycles. The number of aromatic nitrogens is 2. The lowest BCUT2D eigenvalue weighted by Crippen LogP contribution is -2.26. The highest BCUT2D eigenvalue weighted by atomic mass is 32.1. The molecule has 4 rings (SSSR count). The minimum absolute atomic E-state index is 0.0328. The van der Waals surface area contributed by atoms with Crippen LogP contribution in [-0.2, 0) is 24.2 Å². The molecule has 0 unspecified atom stereocenters. The molecule has 1 amide bonds. The number of ether oxygens (including phenoxy) is 1. The van der Waals surface area contributed by atoms with Crippen molar-refractivity contribution in [1.82, 2.24) is 15.3 Å². The Hall–Kier alpha value is -2.18. The monoisotopic (exact) mass is 341 g/mol. The van der Waals surface area contributed by atoms with E-state index < -0.39 is 0 Å². The van der Waals surface area contributed by atoms with E-state index in [2.05, 4.69) is 15.3 Å². The fourth-order valence-electron chi connectivity index (χ4n) is 3.13. The Kier molecular flexibility index (Phi) is 4.08. The normalized spacial score (nSPS) is 13.9. The number of fused-ring (bicyclic) bond motifs is 2. The Balaban J connectivity index is 1.43. The van der Waals surface area contributed by atoms with Gasteiger partial charge in [0.1, 0.15) is 0 Å². The van der Waals surface area contributed by atoms with Crippen molar-refractivity contribution in [3.63, 3.8) is 0 Å². The number of rotatable bonds is 4. The Morgan fingerprint density at radius 1 is 1.42 bits per heavy atom. The molecule has 3 heterocycles. The van der Waals surface area contributed by atoms with Crippen LogP contribution in [-0.4, -0.2) is 29.0 Å². The molecule has 0 bridgehead atoms. The van der Waals surface area contributed by atoms with Crippen LogP contribution in [0.4, 0.5) is 0 Å². The van der Waals surface area contributed by atoms with Crippen LogP contribution >= 0.6 is 11.3 Å². The summed E-state index contributed by atoms with van der Waals surface area (Å²) in [6, 6.07) is 7.88. The molecule has 6 heteroatoms. The molecule has 24 heavy (non-hydrogen) atoms. The molecule has 0 atom stereocenters. The number of amides is 1. The maximum atomic E-state index is 12.6. The molecule has 0 saturated carbocycles. The van der Waals surface area contributed by atoms with Crippen LogP contribution in [0.3, 0.4) is 0 Å². The van der Waals surface area contributed by atoms with Crippen LogP contribution in [0.1, 0.15) is 31.6 Å².